The minimum Gasteiger partial charge on any atom is -0.506 e. The molecule has 5 nitrogen and oxygen atoms in total. The number of para-hydroxylation sites is 1. The molecular formula is C14H13ClN4O. The summed E-state index contributed by atoms with van der Waals surface area (Å²) in [6.07, 6.45) is 1.92. The molecule has 2 heterocycles. The Morgan fingerprint density at radius 2 is 2.00 bits per heavy atom. The van der Waals surface area contributed by atoms with Gasteiger partial charge in [0.15, 0.2) is 11.5 Å². The van der Waals surface area contributed by atoms with Crippen molar-refractivity contribution in [1.82, 2.24) is 19.9 Å². The normalized spacial score (nSPS) is 11.1. The highest BCUT2D eigenvalue weighted by molar-refractivity contribution is 6.32. The van der Waals surface area contributed by atoms with Crippen molar-refractivity contribution in [2.45, 2.75) is 13.1 Å². The molecule has 3 aromatic rings. The number of nitrogens with zero attached hydrogens (tertiary/aromatic N) is 3. The Morgan fingerprint density at radius 1 is 1.10 bits per heavy atom. The number of pyridine rings is 1. The summed E-state index contributed by atoms with van der Waals surface area (Å²) in [4.78, 5) is 0. The highest BCUT2D eigenvalue weighted by Gasteiger charge is 2.06. The molecule has 0 unspecified atom stereocenters. The standard InChI is InChI=1S/C14H13ClN4O/c15-11-5-3-4-10(14(11)20)8-16-9-13-18-17-12-6-1-2-7-19(12)13/h1-7,16,20H,8-9H2. The zero-order valence-electron chi connectivity index (χ0n) is 10.6. The number of halogens is 1. The number of hydrogen-bond acceptors (Lipinski definition) is 4. The Balaban J connectivity index is 1.70. The molecule has 1 aromatic carbocycles. The van der Waals surface area contributed by atoms with Gasteiger partial charge >= 0.3 is 0 Å². The fourth-order valence-corrected chi connectivity index (χ4v) is 2.22. The molecule has 0 aliphatic heterocycles. The first kappa shape index (κ1) is 12.9. The van der Waals surface area contributed by atoms with Gasteiger partial charge in [0, 0.05) is 18.3 Å². The van der Waals surface area contributed by atoms with E-state index in [0.29, 0.717) is 18.1 Å². The number of fused-ring (bicyclic) bond motifs is 1. The molecule has 6 heteroatoms. The lowest BCUT2D eigenvalue weighted by molar-refractivity contribution is 0.464. The molecule has 2 aromatic heterocycles. The molecular weight excluding hydrogens is 276 g/mol. The van der Waals surface area contributed by atoms with Gasteiger partial charge < -0.3 is 10.4 Å². The van der Waals surface area contributed by atoms with E-state index in [9.17, 15) is 5.11 Å². The number of benzene rings is 1. The molecule has 0 saturated carbocycles. The fourth-order valence-electron chi connectivity index (χ4n) is 2.02. The summed E-state index contributed by atoms with van der Waals surface area (Å²) in [6, 6.07) is 11.1. The second-order valence-corrected chi connectivity index (χ2v) is 4.80. The monoisotopic (exact) mass is 288 g/mol. The SMILES string of the molecule is Oc1c(Cl)cccc1CNCc1nnc2ccccn12. The summed E-state index contributed by atoms with van der Waals surface area (Å²) in [5.74, 6) is 0.940. The van der Waals surface area contributed by atoms with Gasteiger partial charge in [0.25, 0.3) is 0 Å². The highest BCUT2D eigenvalue weighted by atomic mass is 35.5. The predicted octanol–water partition coefficient (Wildman–Crippen LogP) is 2.38. The van der Waals surface area contributed by atoms with Gasteiger partial charge in [0.2, 0.25) is 0 Å². The van der Waals surface area contributed by atoms with Gasteiger partial charge in [-0.25, -0.2) is 0 Å². The van der Waals surface area contributed by atoms with E-state index in [1.807, 2.05) is 40.9 Å². The molecule has 0 amide bonds. The molecule has 0 saturated heterocycles. The lowest BCUT2D eigenvalue weighted by atomic mass is 10.2. The molecule has 0 aliphatic rings. The summed E-state index contributed by atoms with van der Waals surface area (Å²) in [6.45, 7) is 1.06. The first-order valence-corrected chi connectivity index (χ1v) is 6.59. The van der Waals surface area contributed by atoms with Crippen molar-refractivity contribution in [2.24, 2.45) is 0 Å². The van der Waals surface area contributed by atoms with Gasteiger partial charge in [-0.05, 0) is 18.2 Å². The van der Waals surface area contributed by atoms with Crippen molar-refractivity contribution in [1.29, 1.82) is 0 Å². The number of phenolic OH excluding ortho intramolecular Hbond substituents is 1. The average Bonchev–Trinajstić information content (AvgIpc) is 2.87. The van der Waals surface area contributed by atoms with Crippen molar-refractivity contribution in [3.05, 3.63) is 59.0 Å². The van der Waals surface area contributed by atoms with E-state index >= 15 is 0 Å². The number of aromatic nitrogens is 3. The van der Waals surface area contributed by atoms with E-state index in [4.69, 9.17) is 11.6 Å². The smallest absolute Gasteiger partial charge is 0.160 e. The largest absolute Gasteiger partial charge is 0.506 e. The van der Waals surface area contributed by atoms with Gasteiger partial charge in [-0.2, -0.15) is 0 Å². The number of rotatable bonds is 4. The van der Waals surface area contributed by atoms with Crippen molar-refractivity contribution < 1.29 is 5.11 Å². The third-order valence-corrected chi connectivity index (χ3v) is 3.36. The molecule has 0 spiro atoms. The second kappa shape index (κ2) is 5.48. The van der Waals surface area contributed by atoms with E-state index in [-0.39, 0.29) is 5.75 Å². The Morgan fingerprint density at radius 3 is 2.90 bits per heavy atom. The van der Waals surface area contributed by atoms with Crippen LogP contribution in [0, 0.1) is 0 Å². The first-order valence-electron chi connectivity index (χ1n) is 6.21. The van der Waals surface area contributed by atoms with Crippen molar-refractivity contribution >= 4 is 17.2 Å². The number of nitrogens with one attached hydrogen (secondary N) is 1. The Hall–Kier alpha value is -2.11. The maximum Gasteiger partial charge on any atom is 0.160 e. The van der Waals surface area contributed by atoms with E-state index in [1.165, 1.54) is 0 Å². The lowest BCUT2D eigenvalue weighted by Gasteiger charge is -2.07. The van der Waals surface area contributed by atoms with Crippen LogP contribution in [0.15, 0.2) is 42.6 Å². The van der Waals surface area contributed by atoms with E-state index in [1.54, 1.807) is 6.07 Å². The molecule has 0 aliphatic carbocycles. The molecule has 20 heavy (non-hydrogen) atoms. The lowest BCUT2D eigenvalue weighted by Crippen LogP contribution is -2.15. The summed E-state index contributed by atoms with van der Waals surface area (Å²) in [5, 5.41) is 21.6. The summed E-state index contributed by atoms with van der Waals surface area (Å²) < 4.78 is 1.92. The van der Waals surface area contributed by atoms with Gasteiger partial charge in [-0.15, -0.1) is 10.2 Å². The summed E-state index contributed by atoms with van der Waals surface area (Å²) in [7, 11) is 0. The van der Waals surface area contributed by atoms with Crippen molar-refractivity contribution in [3.63, 3.8) is 0 Å². The van der Waals surface area contributed by atoms with E-state index < -0.39 is 0 Å². The minimum atomic E-state index is 0.118. The van der Waals surface area contributed by atoms with Gasteiger partial charge in [0.1, 0.15) is 5.75 Å². The number of hydrogen-bond donors (Lipinski definition) is 2. The fraction of sp³-hybridized carbons (Fsp3) is 0.143. The second-order valence-electron chi connectivity index (χ2n) is 4.40. The van der Waals surface area contributed by atoms with Crippen LogP contribution in [0.2, 0.25) is 5.02 Å². The number of aromatic hydroxyl groups is 1. The third-order valence-electron chi connectivity index (χ3n) is 3.05. The van der Waals surface area contributed by atoms with Crippen LogP contribution in [0.5, 0.6) is 5.75 Å². The van der Waals surface area contributed by atoms with Gasteiger partial charge in [-0.3, -0.25) is 4.40 Å². The minimum absolute atomic E-state index is 0.118. The van der Waals surface area contributed by atoms with Crippen molar-refractivity contribution in [2.75, 3.05) is 0 Å². The van der Waals surface area contributed by atoms with E-state index in [0.717, 1.165) is 17.0 Å². The topological polar surface area (TPSA) is 62.5 Å². The molecule has 0 fully saturated rings. The summed E-state index contributed by atoms with van der Waals surface area (Å²) in [5.41, 5.74) is 1.57. The van der Waals surface area contributed by atoms with Crippen LogP contribution >= 0.6 is 11.6 Å². The van der Waals surface area contributed by atoms with Crippen LogP contribution in [-0.2, 0) is 13.1 Å². The zero-order chi connectivity index (χ0) is 13.9. The van der Waals surface area contributed by atoms with Gasteiger partial charge in [-0.1, -0.05) is 29.8 Å². The van der Waals surface area contributed by atoms with Crippen LogP contribution in [0.25, 0.3) is 5.65 Å². The molecule has 0 atom stereocenters. The highest BCUT2D eigenvalue weighted by Crippen LogP contribution is 2.26. The maximum absolute atomic E-state index is 9.82. The van der Waals surface area contributed by atoms with Gasteiger partial charge in [0.05, 0.1) is 11.6 Å². The molecule has 0 radical (unpaired) electrons. The Labute approximate surface area is 120 Å². The quantitative estimate of drug-likeness (QED) is 0.774. The molecule has 2 N–H and O–H groups in total. The third kappa shape index (κ3) is 2.45. The predicted molar refractivity (Wildman–Crippen MR) is 76.6 cm³/mol. The maximum atomic E-state index is 9.82. The number of phenols is 1. The Kier molecular flexibility index (Phi) is 3.54. The average molecular weight is 289 g/mol. The molecule has 102 valence electrons. The van der Waals surface area contributed by atoms with E-state index in [2.05, 4.69) is 15.5 Å². The van der Waals surface area contributed by atoms with Crippen LogP contribution in [0.3, 0.4) is 0 Å². The molecule has 3 rings (SSSR count). The van der Waals surface area contributed by atoms with Crippen LogP contribution in [0.1, 0.15) is 11.4 Å². The van der Waals surface area contributed by atoms with Crippen LogP contribution in [0.4, 0.5) is 0 Å². The molecule has 0 bridgehead atoms. The first-order chi connectivity index (χ1) is 9.75. The van der Waals surface area contributed by atoms with Crippen molar-refractivity contribution in [3.8, 4) is 5.75 Å². The summed E-state index contributed by atoms with van der Waals surface area (Å²) >= 11 is 5.87. The Bertz CT molecular complexity index is 741. The zero-order valence-corrected chi connectivity index (χ0v) is 11.4. The van der Waals surface area contributed by atoms with Crippen LogP contribution in [-0.4, -0.2) is 19.7 Å². The van der Waals surface area contributed by atoms with Crippen LogP contribution < -0.4 is 5.32 Å².